The molecule has 0 saturated heterocycles. The molecule has 2 heterocycles. The minimum absolute atomic E-state index is 0.0636. The number of unbranched alkanes of at least 4 members (excludes halogenated alkanes) is 2. The van der Waals surface area contributed by atoms with Gasteiger partial charge in [0.2, 0.25) is 5.91 Å². The van der Waals surface area contributed by atoms with E-state index in [-0.39, 0.29) is 62.9 Å². The van der Waals surface area contributed by atoms with Crippen molar-refractivity contribution in [1.82, 2.24) is 16.0 Å². The number of benzene rings is 3. The maximum absolute atomic E-state index is 15.1. The molecular formula is C66H93N7O10. The molecule has 1 amide bonds. The number of amides is 1. The number of aliphatic hydroxyl groups is 6. The van der Waals surface area contributed by atoms with Crippen molar-refractivity contribution in [3.63, 3.8) is 0 Å². The molecule has 7 rings (SSSR count). The van der Waals surface area contributed by atoms with Crippen LogP contribution < -0.4 is 33.2 Å². The number of methoxy groups -OCH3 is 1. The number of carbonyl (C=O) groups excluding carboxylic acids is 2. The third kappa shape index (κ3) is 15.4. The zero-order chi connectivity index (χ0) is 60.2. The molecule has 2 fully saturated rings. The lowest BCUT2D eigenvalue weighted by Crippen LogP contribution is -2.59. The fraction of sp³-hybridized carbons (Fsp3) is 0.530. The van der Waals surface area contributed by atoms with E-state index in [1.807, 2.05) is 56.3 Å². The topological polar surface area (TPSA) is 311 Å². The van der Waals surface area contributed by atoms with Gasteiger partial charge in [-0.3, -0.25) is 25.2 Å². The van der Waals surface area contributed by atoms with Crippen molar-refractivity contribution >= 4 is 17.6 Å². The third-order valence-corrected chi connectivity index (χ3v) is 18.5. The number of ether oxygens (including phenoxy) is 1. The number of rotatable bonds is 18. The number of nitrogens with two attached hydrogens (primary N) is 3. The summed E-state index contributed by atoms with van der Waals surface area (Å²) in [5, 5.41) is 93.2. The zero-order valence-corrected chi connectivity index (χ0v) is 49.3. The van der Waals surface area contributed by atoms with E-state index in [1.54, 1.807) is 69.5 Å². The Morgan fingerprint density at radius 2 is 1.71 bits per heavy atom. The second kappa shape index (κ2) is 28.8. The number of hydrogen-bond acceptors (Lipinski definition) is 14. The van der Waals surface area contributed by atoms with Crippen LogP contribution in [0.2, 0.25) is 0 Å². The van der Waals surface area contributed by atoms with Gasteiger partial charge in [0.1, 0.15) is 23.7 Å². The number of nitrogens with zero attached hydrogens (tertiary/aromatic N) is 1. The maximum atomic E-state index is 15.1. The lowest BCUT2D eigenvalue weighted by Gasteiger charge is -2.56. The van der Waals surface area contributed by atoms with Gasteiger partial charge in [0.25, 0.3) is 0 Å². The number of fused-ring (bicyclic) bond motifs is 4. The quantitative estimate of drug-likeness (QED) is 0.0176. The van der Waals surface area contributed by atoms with Gasteiger partial charge < -0.3 is 63.0 Å². The first-order chi connectivity index (χ1) is 39.5. The Labute approximate surface area is 490 Å². The summed E-state index contributed by atoms with van der Waals surface area (Å²) in [7, 11) is 1.68. The Kier molecular flexibility index (Phi) is 22.5. The molecule has 83 heavy (non-hydrogen) atoms. The molecule has 17 nitrogen and oxygen atoms in total. The van der Waals surface area contributed by atoms with E-state index in [4.69, 9.17) is 21.9 Å². The molecule has 16 N–H and O–H groups in total. The van der Waals surface area contributed by atoms with Crippen molar-refractivity contribution in [2.24, 2.45) is 45.4 Å². The van der Waals surface area contributed by atoms with E-state index in [2.05, 4.69) is 27.5 Å². The first kappa shape index (κ1) is 64.7. The summed E-state index contributed by atoms with van der Waals surface area (Å²) in [5.74, 6) is -2.93. The molecule has 2 bridgehead atoms. The summed E-state index contributed by atoms with van der Waals surface area (Å²) in [6, 6.07) is 18.9. The number of aliphatic hydroxyl groups excluding tert-OH is 4. The Morgan fingerprint density at radius 1 is 0.988 bits per heavy atom. The van der Waals surface area contributed by atoms with Gasteiger partial charge in [0.15, 0.2) is 11.7 Å². The van der Waals surface area contributed by atoms with Crippen LogP contribution in [0.4, 0.5) is 0 Å². The summed E-state index contributed by atoms with van der Waals surface area (Å²) in [6.07, 6.45) is 8.53. The molecule has 2 saturated carbocycles. The van der Waals surface area contributed by atoms with E-state index in [9.17, 15) is 40.5 Å². The molecule has 452 valence electrons. The molecule has 2 aliphatic heterocycles. The number of allylic oxidation sites excluding steroid dienone is 5. The molecule has 0 radical (unpaired) electrons. The molecule has 3 aromatic carbocycles. The molecule has 4 aliphatic rings. The fourth-order valence-electron chi connectivity index (χ4n) is 13.8. The van der Waals surface area contributed by atoms with E-state index in [1.165, 1.54) is 0 Å². The van der Waals surface area contributed by atoms with E-state index >= 15 is 4.79 Å². The second-order valence-corrected chi connectivity index (χ2v) is 24.2. The first-order valence-electron chi connectivity index (χ1n) is 29.6. The fourth-order valence-corrected chi connectivity index (χ4v) is 13.8. The van der Waals surface area contributed by atoms with Crippen molar-refractivity contribution in [2.75, 3.05) is 40.0 Å². The molecule has 0 aromatic heterocycles. The van der Waals surface area contributed by atoms with E-state index < -0.39 is 76.8 Å². The van der Waals surface area contributed by atoms with E-state index in [0.717, 1.165) is 47.1 Å². The van der Waals surface area contributed by atoms with Gasteiger partial charge in [0, 0.05) is 56.9 Å². The van der Waals surface area contributed by atoms with E-state index in [0.29, 0.717) is 85.1 Å². The second-order valence-electron chi connectivity index (χ2n) is 24.2. The van der Waals surface area contributed by atoms with Crippen LogP contribution in [0.25, 0.3) is 0 Å². The van der Waals surface area contributed by atoms with Crippen LogP contribution >= 0.6 is 0 Å². The molecule has 2 aliphatic carbocycles. The number of Topliss-reactive ketones (excluding diaryl/α,β-unsaturated/α-hetero) is 1. The van der Waals surface area contributed by atoms with Crippen LogP contribution in [0.3, 0.4) is 0 Å². The lowest BCUT2D eigenvalue weighted by molar-refractivity contribution is -0.168. The molecule has 0 unspecified atom stereocenters. The number of carbonyl (C=O) groups is 2. The average molecular weight is 1140 g/mol. The number of phenols is 1. The Balaban J connectivity index is 1.27. The number of aromatic hydroxyl groups is 1. The summed E-state index contributed by atoms with van der Waals surface area (Å²) in [6.45, 7) is 12.6. The highest BCUT2D eigenvalue weighted by Gasteiger charge is 2.64. The lowest BCUT2D eigenvalue weighted by atomic mass is 9.52. The number of β-amino-alcohol motifs (C(OH)–C–C–N with tert-alkyl or cyclic N) is 1. The van der Waals surface area contributed by atoms with Crippen LogP contribution in [0.15, 0.2) is 130 Å². The summed E-state index contributed by atoms with van der Waals surface area (Å²) in [4.78, 5) is 33.7. The van der Waals surface area contributed by atoms with Crippen LogP contribution in [0.1, 0.15) is 143 Å². The van der Waals surface area contributed by atoms with Gasteiger partial charge in [-0.05, 0) is 179 Å². The minimum Gasteiger partial charge on any atom is -0.508 e. The Bertz CT molecular complexity index is 2890. The highest BCUT2D eigenvalue weighted by molar-refractivity contribution is 5.98. The first-order valence-corrected chi connectivity index (χ1v) is 29.6. The predicted octanol–water partition coefficient (Wildman–Crippen LogP) is 5.91. The Hall–Kier alpha value is -5.83. The minimum atomic E-state index is -1.44. The van der Waals surface area contributed by atoms with Gasteiger partial charge in [-0.1, -0.05) is 96.6 Å². The summed E-state index contributed by atoms with van der Waals surface area (Å²) < 4.78 is 5.19. The summed E-state index contributed by atoms with van der Waals surface area (Å²) >= 11 is 0. The van der Waals surface area contributed by atoms with Crippen molar-refractivity contribution in [1.29, 1.82) is 0 Å². The normalized spacial score (nSPS) is 29.3. The molecule has 1 spiro atoms. The smallest absolute Gasteiger partial charge is 0.243 e. The molecule has 3 aromatic rings. The number of aliphatic imine (C=N–C) groups is 1. The van der Waals surface area contributed by atoms with Crippen molar-refractivity contribution in [3.8, 4) is 5.75 Å². The van der Waals surface area contributed by atoms with Gasteiger partial charge in [-0.25, -0.2) is 0 Å². The largest absolute Gasteiger partial charge is 0.508 e. The van der Waals surface area contributed by atoms with Crippen LogP contribution in [0.5, 0.6) is 5.75 Å². The van der Waals surface area contributed by atoms with Crippen molar-refractivity contribution < 1.29 is 50.1 Å². The van der Waals surface area contributed by atoms with Gasteiger partial charge in [-0.15, -0.1) is 0 Å². The number of phenolic OH excluding ortho intramolecular Hbond substituents is 1. The zero-order valence-electron chi connectivity index (χ0n) is 49.3. The average Bonchev–Trinajstić information content (AvgIpc) is 2.16. The van der Waals surface area contributed by atoms with Crippen LogP contribution in [0, 0.1) is 23.2 Å². The van der Waals surface area contributed by atoms with Crippen molar-refractivity contribution in [3.05, 3.63) is 159 Å². The van der Waals surface area contributed by atoms with Crippen LogP contribution in [-0.2, 0) is 33.6 Å². The number of ketones is 1. The van der Waals surface area contributed by atoms with Crippen molar-refractivity contribution in [2.45, 2.75) is 159 Å². The third-order valence-electron chi connectivity index (χ3n) is 18.5. The number of nitrogens with one attached hydrogen (secondary N) is 3. The SMILES string of the molecule is C=C(/C=C/C=C(/CO)[C@H]1CC[C@@]2([C@@H]3CC[C@H](O)Cc4cccc(c4)C[C@H]([C@H](CN=C(N)N)c4ccc(O)cc4)[C@H](O)CN[C@H]4C(=O)N[C@@H](N)c5cccc(c54)CC(=O)/C(C)=C/3CC[C@@]2(C)O)[C@@H]1O)[C@](O)(CC=C(C)C)NCCCCCOC. The highest BCUT2D eigenvalue weighted by Crippen LogP contribution is 2.63. The number of hydrogen-bond donors (Lipinski definition) is 13. The van der Waals surface area contributed by atoms with Gasteiger partial charge in [0.05, 0.1) is 30.5 Å². The highest BCUT2D eigenvalue weighted by atomic mass is 16.5. The standard InChI is InChI=1S/C66H93N7O10/c1-40(2)25-30-66(82,72-31-8-7-9-32-83-6)41(3)13-10-17-47(39-74)51-27-29-65(60(51)79)55-24-23-49(76)34-43-14-11-15-44(33-43)35-53(54(37-71-63(68)69)45-19-21-48(75)22-20-45)57(78)38-70-59-58-46(16-12-18-52(58)61(67)73-62(59)80)36-56(77)42(4)50(55)26-28-64(65,5)81/h10-22,25,33,49,51,53-55,57,59-61,70,72,74-76,78-79,81-82H,3,7-9,23-24,26-32,34-39,67H2,1-2,4-6H3,(H,73,80)(H4,68,69,71)/b13-10+,47-17-,50-42+/t49-,51+,53+,54+,55+,57+,59+,60+,61+,64+,65+,66+/m0/s1. The molecule has 12 atom stereocenters. The van der Waals surface area contributed by atoms with Crippen LogP contribution in [-0.4, -0.2) is 123 Å². The predicted molar refractivity (Wildman–Crippen MR) is 324 cm³/mol. The van der Waals surface area contributed by atoms with Gasteiger partial charge >= 0.3 is 0 Å². The van der Waals surface area contributed by atoms with Gasteiger partial charge in [-0.2, -0.15) is 0 Å². The monoisotopic (exact) mass is 1140 g/mol. The number of guanidine groups is 1. The maximum Gasteiger partial charge on any atom is 0.243 e. The molecule has 17 heteroatoms. The summed E-state index contributed by atoms with van der Waals surface area (Å²) in [5.41, 5.74) is 21.8. The molecular weight excluding hydrogens is 1050 g/mol. The Morgan fingerprint density at radius 3 is 2.41 bits per heavy atom.